The van der Waals surface area contributed by atoms with E-state index in [1.54, 1.807) is 18.3 Å². The Morgan fingerprint density at radius 2 is 2.10 bits per heavy atom. The van der Waals surface area contributed by atoms with Crippen LogP contribution in [0.3, 0.4) is 0 Å². The molecule has 1 aromatic carbocycles. The van der Waals surface area contributed by atoms with Crippen molar-refractivity contribution in [2.75, 3.05) is 0 Å². The molecule has 0 aliphatic rings. The van der Waals surface area contributed by atoms with E-state index in [1.807, 2.05) is 0 Å². The number of hydrogen-bond donors (Lipinski definition) is 1. The third-order valence-electron chi connectivity index (χ3n) is 3.05. The number of pyridine rings is 2. The number of fused-ring (bicyclic) bond motifs is 1. The van der Waals surface area contributed by atoms with Gasteiger partial charge in [-0.15, -0.1) is 0 Å². The molecular weight excluding hydrogens is 295 g/mol. The minimum atomic E-state index is -1.19. The van der Waals surface area contributed by atoms with Crippen molar-refractivity contribution in [2.45, 2.75) is 0 Å². The monoisotopic (exact) mass is 302 g/mol. The first-order valence-corrected chi connectivity index (χ1v) is 6.38. The van der Waals surface area contributed by atoms with Crippen molar-refractivity contribution in [3.05, 3.63) is 59.1 Å². The highest BCUT2D eigenvalue weighted by Crippen LogP contribution is 2.31. The number of halogens is 2. The van der Waals surface area contributed by atoms with Gasteiger partial charge in [0.05, 0.1) is 16.3 Å². The number of aromatic carboxylic acids is 1. The van der Waals surface area contributed by atoms with E-state index in [0.717, 1.165) is 6.07 Å². The van der Waals surface area contributed by atoms with Crippen LogP contribution in [0.5, 0.6) is 0 Å². The molecule has 2 heterocycles. The third kappa shape index (κ3) is 2.32. The normalized spacial score (nSPS) is 10.8. The molecule has 0 fully saturated rings. The molecule has 0 bridgehead atoms. The Morgan fingerprint density at radius 1 is 1.29 bits per heavy atom. The van der Waals surface area contributed by atoms with E-state index >= 15 is 0 Å². The summed E-state index contributed by atoms with van der Waals surface area (Å²) < 4.78 is 14.0. The number of carboxylic acids is 1. The Hall–Kier alpha value is -2.53. The molecular formula is C15H8ClFN2O2. The minimum Gasteiger partial charge on any atom is -0.478 e. The second-order valence-corrected chi connectivity index (χ2v) is 4.76. The lowest BCUT2D eigenvalue weighted by Crippen LogP contribution is -2.02. The van der Waals surface area contributed by atoms with Gasteiger partial charge in [0.2, 0.25) is 0 Å². The summed E-state index contributed by atoms with van der Waals surface area (Å²) in [6.45, 7) is 0. The molecule has 0 spiro atoms. The van der Waals surface area contributed by atoms with E-state index in [9.17, 15) is 14.3 Å². The van der Waals surface area contributed by atoms with Gasteiger partial charge in [0.15, 0.2) is 0 Å². The Labute approximate surface area is 123 Å². The van der Waals surface area contributed by atoms with Gasteiger partial charge in [-0.1, -0.05) is 11.6 Å². The van der Waals surface area contributed by atoms with Crippen molar-refractivity contribution in [3.63, 3.8) is 0 Å². The Balaban J connectivity index is 2.41. The van der Waals surface area contributed by atoms with Crippen LogP contribution < -0.4 is 0 Å². The maximum Gasteiger partial charge on any atom is 0.336 e. The quantitative estimate of drug-likeness (QED) is 0.782. The van der Waals surface area contributed by atoms with E-state index in [0.29, 0.717) is 11.3 Å². The highest BCUT2D eigenvalue weighted by atomic mass is 35.5. The Bertz CT molecular complexity index is 853. The van der Waals surface area contributed by atoms with Gasteiger partial charge < -0.3 is 5.11 Å². The van der Waals surface area contributed by atoms with Crippen LogP contribution in [0.4, 0.5) is 4.39 Å². The molecule has 3 aromatic rings. The highest BCUT2D eigenvalue weighted by molar-refractivity contribution is 6.36. The number of rotatable bonds is 2. The lowest BCUT2D eigenvalue weighted by atomic mass is 10.0. The van der Waals surface area contributed by atoms with Crippen LogP contribution in [-0.2, 0) is 0 Å². The van der Waals surface area contributed by atoms with Gasteiger partial charge in [0.25, 0.3) is 0 Å². The molecule has 0 unspecified atom stereocenters. The molecule has 3 rings (SSSR count). The third-order valence-corrected chi connectivity index (χ3v) is 3.36. The number of carbonyl (C=O) groups is 1. The average molecular weight is 303 g/mol. The summed E-state index contributed by atoms with van der Waals surface area (Å²) in [5.41, 5.74) is 0.764. The molecule has 0 amide bonds. The Morgan fingerprint density at radius 3 is 2.76 bits per heavy atom. The van der Waals surface area contributed by atoms with Crippen molar-refractivity contribution >= 4 is 28.5 Å². The van der Waals surface area contributed by atoms with Crippen LogP contribution in [-0.4, -0.2) is 21.0 Å². The van der Waals surface area contributed by atoms with Crippen LogP contribution in [0.1, 0.15) is 10.4 Å². The minimum absolute atomic E-state index is 0.0683. The van der Waals surface area contributed by atoms with Gasteiger partial charge in [0.1, 0.15) is 11.3 Å². The summed E-state index contributed by atoms with van der Waals surface area (Å²) in [6.07, 6.45) is 3.11. The molecule has 1 N–H and O–H groups in total. The summed E-state index contributed by atoms with van der Waals surface area (Å²) in [4.78, 5) is 19.6. The molecule has 6 heteroatoms. The van der Waals surface area contributed by atoms with Crippen LogP contribution in [0.25, 0.3) is 22.2 Å². The predicted octanol–water partition coefficient (Wildman–Crippen LogP) is 3.79. The molecule has 0 saturated heterocycles. The molecule has 0 radical (unpaired) electrons. The number of carboxylic acid groups (broad SMARTS) is 1. The summed E-state index contributed by atoms with van der Waals surface area (Å²) in [7, 11) is 0. The lowest BCUT2D eigenvalue weighted by molar-refractivity contribution is 0.0699. The predicted molar refractivity (Wildman–Crippen MR) is 76.9 cm³/mol. The van der Waals surface area contributed by atoms with Crippen molar-refractivity contribution in [2.24, 2.45) is 0 Å². The summed E-state index contributed by atoms with van der Waals surface area (Å²) in [5, 5.41) is 9.59. The van der Waals surface area contributed by atoms with E-state index < -0.39 is 11.8 Å². The zero-order chi connectivity index (χ0) is 15.0. The molecule has 4 nitrogen and oxygen atoms in total. The average Bonchev–Trinajstić information content (AvgIpc) is 2.51. The topological polar surface area (TPSA) is 63.1 Å². The van der Waals surface area contributed by atoms with Gasteiger partial charge in [-0.25, -0.2) is 14.2 Å². The maximum atomic E-state index is 14.0. The van der Waals surface area contributed by atoms with Crippen molar-refractivity contribution in [1.29, 1.82) is 0 Å². The van der Waals surface area contributed by atoms with Crippen molar-refractivity contribution in [3.8, 4) is 11.3 Å². The second-order valence-electron chi connectivity index (χ2n) is 4.35. The molecule has 0 saturated carbocycles. The SMILES string of the molecule is O=C(O)c1cc(-c2cccnc2)nc2c(F)ccc(Cl)c12. The van der Waals surface area contributed by atoms with Gasteiger partial charge in [-0.05, 0) is 30.3 Å². The summed E-state index contributed by atoms with van der Waals surface area (Å²) in [5.74, 6) is -1.82. The molecule has 21 heavy (non-hydrogen) atoms. The zero-order valence-corrected chi connectivity index (χ0v) is 11.3. The number of nitrogens with zero attached hydrogens (tertiary/aromatic N) is 2. The van der Waals surface area contributed by atoms with E-state index in [4.69, 9.17) is 11.6 Å². The van der Waals surface area contributed by atoms with Gasteiger partial charge in [0, 0.05) is 23.3 Å². The zero-order valence-electron chi connectivity index (χ0n) is 10.5. The van der Waals surface area contributed by atoms with Gasteiger partial charge >= 0.3 is 5.97 Å². The first-order valence-electron chi connectivity index (χ1n) is 6.00. The fraction of sp³-hybridized carbons (Fsp3) is 0. The van der Waals surface area contributed by atoms with Crippen molar-refractivity contribution in [1.82, 2.24) is 9.97 Å². The number of hydrogen-bond acceptors (Lipinski definition) is 3. The fourth-order valence-corrected chi connectivity index (χ4v) is 2.35. The van der Waals surface area contributed by atoms with Crippen LogP contribution in [0, 0.1) is 5.82 Å². The summed E-state index contributed by atoms with van der Waals surface area (Å²) in [6, 6.07) is 7.26. The van der Waals surface area contributed by atoms with Crippen LogP contribution >= 0.6 is 11.6 Å². The lowest BCUT2D eigenvalue weighted by Gasteiger charge is -2.09. The molecule has 104 valence electrons. The van der Waals surface area contributed by atoms with Gasteiger partial charge in [-0.3, -0.25) is 4.98 Å². The first-order chi connectivity index (χ1) is 10.1. The summed E-state index contributed by atoms with van der Waals surface area (Å²) >= 11 is 5.99. The molecule has 2 aromatic heterocycles. The smallest absolute Gasteiger partial charge is 0.336 e. The second kappa shape index (κ2) is 5.10. The Kier molecular flexibility index (Phi) is 3.27. The standard InChI is InChI=1S/C15H8ClFN2O2/c16-10-3-4-11(17)14-13(10)9(15(20)21)6-12(19-14)8-2-1-5-18-7-8/h1-7H,(H,20,21). The van der Waals surface area contributed by atoms with Gasteiger partial charge in [-0.2, -0.15) is 0 Å². The largest absolute Gasteiger partial charge is 0.478 e. The van der Waals surface area contributed by atoms with Crippen LogP contribution in [0.15, 0.2) is 42.7 Å². The van der Waals surface area contributed by atoms with E-state index in [2.05, 4.69) is 9.97 Å². The number of aromatic nitrogens is 2. The fourth-order valence-electron chi connectivity index (χ4n) is 2.10. The molecule has 0 atom stereocenters. The number of benzene rings is 1. The molecule has 0 aliphatic heterocycles. The first kappa shape index (κ1) is 13.5. The van der Waals surface area contributed by atoms with Crippen LogP contribution in [0.2, 0.25) is 5.02 Å². The van der Waals surface area contributed by atoms with Crippen molar-refractivity contribution < 1.29 is 14.3 Å². The van der Waals surface area contributed by atoms with E-state index in [1.165, 1.54) is 18.3 Å². The maximum absolute atomic E-state index is 14.0. The highest BCUT2D eigenvalue weighted by Gasteiger charge is 2.18. The molecule has 0 aliphatic carbocycles. The van der Waals surface area contributed by atoms with E-state index in [-0.39, 0.29) is 21.5 Å².